The molecule has 62 heavy (non-hydrogen) atoms. The van der Waals surface area contributed by atoms with Gasteiger partial charge in [-0.25, -0.2) is 4.98 Å². The summed E-state index contributed by atoms with van der Waals surface area (Å²) in [5, 5.41) is 2.24. The Kier molecular flexibility index (Phi) is 10.00. The molecule has 318 valence electrons. The molecule has 0 atom stereocenters. The molecule has 3 aliphatic rings. The Morgan fingerprint density at radius 1 is 0.435 bits per heavy atom. The van der Waals surface area contributed by atoms with Crippen molar-refractivity contribution in [1.82, 2.24) is 24.9 Å². The third-order valence-corrected chi connectivity index (χ3v) is 14.8. The summed E-state index contributed by atoms with van der Waals surface area (Å²) in [4.78, 5) is 21.0. The maximum absolute atomic E-state index is 6.84. The maximum Gasteiger partial charge on any atom is 0.130 e. The molecule has 4 N–H and O–H groups in total. The fourth-order valence-corrected chi connectivity index (χ4v) is 10.4. The summed E-state index contributed by atoms with van der Waals surface area (Å²) in [6, 6.07) is 41.9. The molecule has 0 aliphatic carbocycles. The summed E-state index contributed by atoms with van der Waals surface area (Å²) < 4.78 is 13.4. The van der Waals surface area contributed by atoms with Gasteiger partial charge in [0, 0.05) is 95.2 Å². The average molecular weight is 824 g/mol. The predicted molar refractivity (Wildman–Crippen MR) is 253 cm³/mol. The minimum atomic E-state index is -0.267. The first kappa shape index (κ1) is 40.1. The molecule has 0 radical (unpaired) electrons. The van der Waals surface area contributed by atoms with Gasteiger partial charge < -0.3 is 29.4 Å². The Morgan fingerprint density at radius 2 is 0.855 bits per heavy atom. The van der Waals surface area contributed by atoms with E-state index in [9.17, 15) is 0 Å². The Morgan fingerprint density at radius 3 is 1.32 bits per heavy atom. The average Bonchev–Trinajstić information content (AvgIpc) is 4.12. The maximum atomic E-state index is 6.84. The Labute approximate surface area is 366 Å². The molecule has 0 unspecified atom stereocenters. The van der Waals surface area contributed by atoms with E-state index in [0.29, 0.717) is 13.2 Å². The number of benzene rings is 3. The van der Waals surface area contributed by atoms with E-state index in [-0.39, 0.29) is 21.7 Å². The topological polar surface area (TPSA) is 94.5 Å². The van der Waals surface area contributed by atoms with Crippen LogP contribution >= 0.6 is 0 Å². The number of fused-ring (bicyclic) bond motifs is 12. The predicted octanol–water partition coefficient (Wildman–Crippen LogP) is 13.5. The first-order valence-corrected chi connectivity index (χ1v) is 22.9. The van der Waals surface area contributed by atoms with Gasteiger partial charge >= 0.3 is 0 Å². The van der Waals surface area contributed by atoms with Crippen LogP contribution in [0.1, 0.15) is 138 Å². The number of nitrogens with one attached hydrogen (secondary N) is 4. The molecule has 8 aromatic rings. The number of para-hydroxylation sites is 2. The number of aromatic amines is 4. The number of aromatic nitrogens is 5. The van der Waals surface area contributed by atoms with Crippen LogP contribution in [0.5, 0.6) is 11.5 Å². The first-order chi connectivity index (χ1) is 29.9. The highest BCUT2D eigenvalue weighted by Gasteiger charge is 2.39. The number of rotatable bonds is 1. The molecule has 8 heterocycles. The molecular formula is C55H61N5O2. The monoisotopic (exact) mass is 823 g/mol. The number of hydrogen-bond donors (Lipinski definition) is 4. The zero-order valence-corrected chi connectivity index (χ0v) is 37.3. The largest absolute Gasteiger partial charge is 0.493 e. The van der Waals surface area contributed by atoms with Crippen LogP contribution in [0.15, 0.2) is 115 Å². The number of hydrogen-bond acceptors (Lipinski definition) is 3. The molecule has 0 saturated heterocycles. The quantitative estimate of drug-likeness (QED) is 0.124. The molecule has 0 spiro atoms. The normalized spacial score (nSPS) is 21.7. The number of nitrogens with zero attached hydrogens (tertiary/aromatic N) is 1. The van der Waals surface area contributed by atoms with E-state index in [2.05, 4.69) is 177 Å². The second kappa shape index (κ2) is 15.4. The van der Waals surface area contributed by atoms with Crippen LogP contribution in [-0.4, -0.2) is 38.1 Å². The van der Waals surface area contributed by atoms with Gasteiger partial charge in [-0.2, -0.15) is 0 Å². The van der Waals surface area contributed by atoms with Gasteiger partial charge in [-0.1, -0.05) is 62.1 Å². The van der Waals surface area contributed by atoms with Crippen LogP contribution in [0, 0.1) is 0 Å². The van der Waals surface area contributed by atoms with Crippen LogP contribution in [0.25, 0.3) is 32.9 Å². The lowest BCUT2D eigenvalue weighted by Crippen LogP contribution is -2.29. The van der Waals surface area contributed by atoms with Crippen LogP contribution in [0.2, 0.25) is 0 Å². The second-order valence-corrected chi connectivity index (χ2v) is 19.6. The molecule has 3 aromatic carbocycles. The summed E-state index contributed by atoms with van der Waals surface area (Å²) in [6.07, 6.45) is 8.07. The highest BCUT2D eigenvalue weighted by Crippen LogP contribution is 2.45. The summed E-state index contributed by atoms with van der Waals surface area (Å²) in [5.74, 6) is 1.70. The minimum Gasteiger partial charge on any atom is -0.493 e. The molecular weight excluding hydrogens is 763 g/mol. The van der Waals surface area contributed by atoms with Crippen molar-refractivity contribution in [3.05, 3.63) is 161 Å². The smallest absolute Gasteiger partial charge is 0.130 e. The molecule has 0 saturated carbocycles. The molecule has 11 rings (SSSR count). The lowest BCUT2D eigenvalue weighted by molar-refractivity contribution is 0.288. The van der Waals surface area contributed by atoms with Crippen LogP contribution < -0.4 is 9.47 Å². The van der Waals surface area contributed by atoms with Crippen molar-refractivity contribution in [2.75, 3.05) is 13.2 Å². The van der Waals surface area contributed by atoms with Crippen molar-refractivity contribution in [3.63, 3.8) is 0 Å². The number of H-pyrrole nitrogens is 4. The van der Waals surface area contributed by atoms with Gasteiger partial charge in [-0.15, -0.1) is 0 Å². The molecule has 0 amide bonds. The van der Waals surface area contributed by atoms with E-state index in [0.717, 1.165) is 95.8 Å². The second-order valence-electron chi connectivity index (χ2n) is 19.6. The summed E-state index contributed by atoms with van der Waals surface area (Å²) in [6.45, 7) is 15.4. The van der Waals surface area contributed by atoms with Crippen molar-refractivity contribution in [3.8, 4) is 22.6 Å². The highest BCUT2D eigenvalue weighted by molar-refractivity contribution is 6.10. The van der Waals surface area contributed by atoms with Gasteiger partial charge in [0.1, 0.15) is 11.5 Å². The van der Waals surface area contributed by atoms with E-state index in [1.807, 2.05) is 0 Å². The third kappa shape index (κ3) is 6.85. The number of pyridine rings is 1. The van der Waals surface area contributed by atoms with Gasteiger partial charge in [-0.3, -0.25) is 0 Å². The Bertz CT molecular complexity index is 2730. The zero-order valence-electron chi connectivity index (χ0n) is 37.3. The van der Waals surface area contributed by atoms with Crippen molar-refractivity contribution >= 4 is 21.8 Å². The number of ether oxygens (including phenoxy) is 2. The van der Waals surface area contributed by atoms with E-state index in [4.69, 9.17) is 14.5 Å². The molecule has 7 heteroatoms. The highest BCUT2D eigenvalue weighted by atomic mass is 16.5. The zero-order chi connectivity index (χ0) is 42.7. The van der Waals surface area contributed by atoms with E-state index < -0.39 is 0 Å². The summed E-state index contributed by atoms with van der Waals surface area (Å²) in [7, 11) is 0. The fraction of sp³-hybridized carbons (Fsp3) is 0.364. The van der Waals surface area contributed by atoms with Gasteiger partial charge in [-0.05, 0) is 140 Å². The Hall–Kier alpha value is -5.95. The standard InChI is InChI=1S/C55H61N5O2/c1-52(2)43-23-27-47(57-43)54(5)31-13-7-15-33-61-36-21-22-39(51-37-17-9-11-19-40(37)56-41-20-12-10-18-38(41)51)42(35-36)62-34-16-8-14-32-55(6,49-29-25-45(52)59-49)50-30-26-46(60-50)53(3,4)44-24-28-48(54)58-44/h9-12,17-30,35,57-60H,7-8,13-16,31-34H2,1-6H3. The van der Waals surface area contributed by atoms with Crippen LogP contribution in [0.3, 0.4) is 0 Å². The summed E-state index contributed by atoms with van der Waals surface area (Å²) >= 11 is 0. The molecule has 12 bridgehead atoms. The van der Waals surface area contributed by atoms with Gasteiger partial charge in [0.05, 0.1) is 24.2 Å². The first-order valence-electron chi connectivity index (χ1n) is 22.9. The third-order valence-electron chi connectivity index (χ3n) is 14.8. The van der Waals surface area contributed by atoms with Crippen molar-refractivity contribution in [2.24, 2.45) is 0 Å². The summed E-state index contributed by atoms with van der Waals surface area (Å²) in [5.41, 5.74) is 13.0. The van der Waals surface area contributed by atoms with E-state index in [1.54, 1.807) is 0 Å². The molecule has 5 aromatic heterocycles. The van der Waals surface area contributed by atoms with Crippen LogP contribution in [-0.2, 0) is 21.7 Å². The SMILES string of the molecule is CC1(C)c2ccc([nH]2)C2(C)CCCCCOc3ccc(-c4c5ccccc5nc5ccccc45)c(c3)OCCCCCC(C)(c3ccc1[nH]3)c1ccc([nH]1)C(C)(C)c1ccc2[nH]1. The van der Waals surface area contributed by atoms with Crippen molar-refractivity contribution in [1.29, 1.82) is 0 Å². The molecule has 3 aliphatic heterocycles. The Balaban J connectivity index is 1.04. The van der Waals surface area contributed by atoms with E-state index in [1.165, 1.54) is 45.6 Å². The van der Waals surface area contributed by atoms with Gasteiger partial charge in [0.25, 0.3) is 0 Å². The lowest BCUT2D eigenvalue weighted by atomic mass is 9.78. The minimum absolute atomic E-state index is 0.252. The van der Waals surface area contributed by atoms with Crippen molar-refractivity contribution < 1.29 is 9.47 Å². The van der Waals surface area contributed by atoms with Crippen molar-refractivity contribution in [2.45, 2.75) is 115 Å². The fourth-order valence-electron chi connectivity index (χ4n) is 10.4. The van der Waals surface area contributed by atoms with Crippen LogP contribution in [0.4, 0.5) is 0 Å². The lowest BCUT2D eigenvalue weighted by Gasteiger charge is -2.31. The van der Waals surface area contributed by atoms with E-state index >= 15 is 0 Å². The molecule has 7 nitrogen and oxygen atoms in total. The van der Waals surface area contributed by atoms with Gasteiger partial charge in [0.2, 0.25) is 0 Å². The van der Waals surface area contributed by atoms with Gasteiger partial charge in [0.15, 0.2) is 0 Å². The molecule has 0 fully saturated rings.